The SMILES string of the molecule is CC(C)c1ccc(C(=O)O)cc1S(=O)(=O)N(C)C(C)C1CC1. The van der Waals surface area contributed by atoms with Crippen LogP contribution in [-0.2, 0) is 10.0 Å². The number of carboxylic acid groups (broad SMARTS) is 1. The summed E-state index contributed by atoms with van der Waals surface area (Å²) in [5.41, 5.74) is 0.648. The first-order valence-corrected chi connectivity index (χ1v) is 8.95. The van der Waals surface area contributed by atoms with Crippen LogP contribution < -0.4 is 0 Å². The fraction of sp³-hybridized carbons (Fsp3) is 0.562. The molecule has 1 saturated carbocycles. The van der Waals surface area contributed by atoms with E-state index in [0.29, 0.717) is 11.5 Å². The van der Waals surface area contributed by atoms with E-state index in [1.165, 1.54) is 16.4 Å². The summed E-state index contributed by atoms with van der Waals surface area (Å²) < 4.78 is 27.3. The second-order valence-corrected chi connectivity index (χ2v) is 8.28. The van der Waals surface area contributed by atoms with Crippen molar-refractivity contribution < 1.29 is 18.3 Å². The number of carbonyl (C=O) groups is 1. The molecule has 0 bridgehead atoms. The number of carboxylic acids is 1. The minimum atomic E-state index is -3.70. The smallest absolute Gasteiger partial charge is 0.335 e. The highest BCUT2D eigenvalue weighted by Crippen LogP contribution is 2.37. The van der Waals surface area contributed by atoms with Gasteiger partial charge in [0.15, 0.2) is 0 Å². The molecule has 1 fully saturated rings. The molecule has 1 unspecified atom stereocenters. The number of sulfonamides is 1. The van der Waals surface area contributed by atoms with Gasteiger partial charge < -0.3 is 5.11 Å². The van der Waals surface area contributed by atoms with Gasteiger partial charge in [0, 0.05) is 13.1 Å². The van der Waals surface area contributed by atoms with E-state index in [0.717, 1.165) is 12.8 Å². The number of benzene rings is 1. The summed E-state index contributed by atoms with van der Waals surface area (Å²) in [6.07, 6.45) is 2.10. The Morgan fingerprint density at radius 3 is 2.32 bits per heavy atom. The maximum absolute atomic E-state index is 12.9. The zero-order valence-corrected chi connectivity index (χ0v) is 14.2. The summed E-state index contributed by atoms with van der Waals surface area (Å²) >= 11 is 0. The van der Waals surface area contributed by atoms with Gasteiger partial charge in [-0.25, -0.2) is 13.2 Å². The van der Waals surface area contributed by atoms with Gasteiger partial charge in [0.05, 0.1) is 10.5 Å². The molecule has 1 aliphatic rings. The molecular formula is C16H23NO4S. The summed E-state index contributed by atoms with van der Waals surface area (Å²) in [7, 11) is -2.13. The molecule has 0 spiro atoms. The number of hydrogen-bond acceptors (Lipinski definition) is 3. The molecule has 2 rings (SSSR count). The highest BCUT2D eigenvalue weighted by atomic mass is 32.2. The van der Waals surface area contributed by atoms with E-state index in [2.05, 4.69) is 0 Å². The second kappa shape index (κ2) is 6.01. The predicted octanol–water partition coefficient (Wildman–Crippen LogP) is 2.93. The van der Waals surface area contributed by atoms with Crippen LogP contribution in [0.1, 0.15) is 55.5 Å². The van der Waals surface area contributed by atoms with Crippen molar-refractivity contribution in [3.8, 4) is 0 Å². The van der Waals surface area contributed by atoms with Gasteiger partial charge in [-0.2, -0.15) is 4.31 Å². The summed E-state index contributed by atoms with van der Waals surface area (Å²) in [6.45, 7) is 5.71. The van der Waals surface area contributed by atoms with Crippen LogP contribution in [0.4, 0.5) is 0 Å². The lowest BCUT2D eigenvalue weighted by molar-refractivity contribution is 0.0696. The molecule has 0 amide bonds. The van der Waals surface area contributed by atoms with E-state index in [-0.39, 0.29) is 22.4 Å². The molecular weight excluding hydrogens is 302 g/mol. The van der Waals surface area contributed by atoms with Gasteiger partial charge in [-0.1, -0.05) is 19.9 Å². The van der Waals surface area contributed by atoms with E-state index < -0.39 is 16.0 Å². The highest BCUT2D eigenvalue weighted by molar-refractivity contribution is 7.89. The standard InChI is InChI=1S/C16H23NO4S/c1-10(2)14-8-7-13(16(18)19)9-15(14)22(20,21)17(4)11(3)12-5-6-12/h7-12H,5-6H2,1-4H3,(H,18,19). The average molecular weight is 325 g/mol. The second-order valence-electron chi connectivity index (χ2n) is 6.31. The maximum atomic E-state index is 12.9. The lowest BCUT2D eigenvalue weighted by atomic mass is 10.0. The lowest BCUT2D eigenvalue weighted by Gasteiger charge is -2.26. The topological polar surface area (TPSA) is 74.7 Å². The van der Waals surface area contributed by atoms with Gasteiger partial charge >= 0.3 is 5.97 Å². The minimum absolute atomic E-state index is 0.00255. The molecule has 0 saturated heterocycles. The van der Waals surface area contributed by atoms with Crippen LogP contribution in [0.3, 0.4) is 0 Å². The molecule has 0 heterocycles. The Labute approximate surface area is 132 Å². The van der Waals surface area contributed by atoms with E-state index in [1.807, 2.05) is 20.8 Å². The zero-order valence-electron chi connectivity index (χ0n) is 13.4. The lowest BCUT2D eigenvalue weighted by Crippen LogP contribution is -2.37. The highest BCUT2D eigenvalue weighted by Gasteiger charge is 2.37. The Morgan fingerprint density at radius 1 is 1.27 bits per heavy atom. The molecule has 1 N–H and O–H groups in total. The third-order valence-electron chi connectivity index (χ3n) is 4.42. The third kappa shape index (κ3) is 3.17. The molecule has 0 aromatic heterocycles. The van der Waals surface area contributed by atoms with Crippen LogP contribution in [0, 0.1) is 5.92 Å². The molecule has 22 heavy (non-hydrogen) atoms. The molecule has 1 atom stereocenters. The Hall–Kier alpha value is -1.40. The first-order valence-electron chi connectivity index (χ1n) is 7.51. The average Bonchev–Trinajstić information content (AvgIpc) is 3.29. The molecule has 0 aliphatic heterocycles. The fourth-order valence-corrected chi connectivity index (χ4v) is 4.41. The van der Waals surface area contributed by atoms with Crippen molar-refractivity contribution in [3.05, 3.63) is 29.3 Å². The van der Waals surface area contributed by atoms with Crippen LogP contribution in [0.15, 0.2) is 23.1 Å². The maximum Gasteiger partial charge on any atom is 0.335 e. The number of hydrogen-bond donors (Lipinski definition) is 1. The number of rotatable bonds is 6. The Bertz CT molecular complexity index is 677. The zero-order chi connectivity index (χ0) is 16.7. The van der Waals surface area contributed by atoms with Crippen molar-refractivity contribution in [1.82, 2.24) is 4.31 Å². The fourth-order valence-electron chi connectivity index (χ4n) is 2.62. The van der Waals surface area contributed by atoms with Crippen molar-refractivity contribution in [2.45, 2.75) is 50.5 Å². The van der Waals surface area contributed by atoms with Gasteiger partial charge in [-0.15, -0.1) is 0 Å². The van der Waals surface area contributed by atoms with Crippen molar-refractivity contribution in [2.75, 3.05) is 7.05 Å². The normalized spacial score (nSPS) is 17.0. The van der Waals surface area contributed by atoms with E-state index >= 15 is 0 Å². The quantitative estimate of drug-likeness (QED) is 0.872. The largest absolute Gasteiger partial charge is 0.478 e. The van der Waals surface area contributed by atoms with E-state index in [4.69, 9.17) is 5.11 Å². The van der Waals surface area contributed by atoms with Crippen molar-refractivity contribution >= 4 is 16.0 Å². The van der Waals surface area contributed by atoms with Crippen LogP contribution in [0.5, 0.6) is 0 Å². The molecule has 1 aromatic carbocycles. The predicted molar refractivity (Wildman–Crippen MR) is 84.6 cm³/mol. The van der Waals surface area contributed by atoms with Gasteiger partial charge in [0.1, 0.15) is 0 Å². The Balaban J connectivity index is 2.51. The van der Waals surface area contributed by atoms with Gasteiger partial charge in [0.2, 0.25) is 10.0 Å². The van der Waals surface area contributed by atoms with Crippen molar-refractivity contribution in [3.63, 3.8) is 0 Å². The molecule has 122 valence electrons. The van der Waals surface area contributed by atoms with Crippen LogP contribution >= 0.6 is 0 Å². The van der Waals surface area contributed by atoms with E-state index in [9.17, 15) is 13.2 Å². The van der Waals surface area contributed by atoms with Gasteiger partial charge in [0.25, 0.3) is 0 Å². The minimum Gasteiger partial charge on any atom is -0.478 e. The first-order chi connectivity index (χ1) is 10.2. The summed E-state index contributed by atoms with van der Waals surface area (Å²) in [6, 6.07) is 4.28. The third-order valence-corrected chi connectivity index (χ3v) is 6.42. The Morgan fingerprint density at radius 2 is 1.86 bits per heavy atom. The van der Waals surface area contributed by atoms with Gasteiger partial charge in [-0.3, -0.25) is 0 Å². The van der Waals surface area contributed by atoms with Crippen LogP contribution in [0.2, 0.25) is 0 Å². The van der Waals surface area contributed by atoms with Crippen LogP contribution in [-0.4, -0.2) is 36.9 Å². The van der Waals surface area contributed by atoms with Gasteiger partial charge in [-0.05, 0) is 49.3 Å². The van der Waals surface area contributed by atoms with Crippen molar-refractivity contribution in [2.24, 2.45) is 5.92 Å². The summed E-state index contributed by atoms with van der Waals surface area (Å²) in [5.74, 6) is -0.716. The number of nitrogens with zero attached hydrogens (tertiary/aromatic N) is 1. The number of aromatic carboxylic acids is 1. The molecule has 0 radical (unpaired) electrons. The van der Waals surface area contributed by atoms with Crippen LogP contribution in [0.25, 0.3) is 0 Å². The molecule has 1 aliphatic carbocycles. The Kier molecular flexibility index (Phi) is 4.63. The monoisotopic (exact) mass is 325 g/mol. The molecule has 6 heteroatoms. The van der Waals surface area contributed by atoms with E-state index in [1.54, 1.807) is 13.1 Å². The van der Waals surface area contributed by atoms with Crippen molar-refractivity contribution in [1.29, 1.82) is 0 Å². The first kappa shape index (κ1) is 17.0. The molecule has 1 aromatic rings. The summed E-state index contributed by atoms with van der Waals surface area (Å²) in [4.78, 5) is 11.3. The molecule has 5 nitrogen and oxygen atoms in total. The summed E-state index contributed by atoms with van der Waals surface area (Å²) in [5, 5.41) is 9.14.